The number of aromatic nitrogens is 2. The molecule has 0 atom stereocenters. The third-order valence-electron chi connectivity index (χ3n) is 8.81. The molecule has 0 aliphatic carbocycles. The minimum Gasteiger partial charge on any atom is -0.497 e. The zero-order valence-corrected chi connectivity index (χ0v) is 28.1. The molecule has 8 rings (SSSR count). The topological polar surface area (TPSA) is 55.9 Å². The fourth-order valence-electron chi connectivity index (χ4n) is 6.22. The number of rotatable bonds is 10. The Morgan fingerprint density at radius 1 is 0.412 bits per heavy atom. The van der Waals surface area contributed by atoms with Crippen molar-refractivity contribution in [3.05, 3.63) is 188 Å². The van der Waals surface area contributed by atoms with Crippen LogP contribution in [-0.2, 0) is 0 Å². The van der Waals surface area contributed by atoms with Gasteiger partial charge in [0.1, 0.15) is 5.75 Å². The summed E-state index contributed by atoms with van der Waals surface area (Å²) < 4.78 is 11.5. The number of nitrogens with zero attached hydrogens (tertiary/aromatic N) is 3. The number of aromatic amines is 1. The zero-order chi connectivity index (χ0) is 34.4. The van der Waals surface area contributed by atoms with Crippen molar-refractivity contribution in [2.45, 2.75) is 0 Å². The van der Waals surface area contributed by atoms with E-state index in [4.69, 9.17) is 9.15 Å². The molecule has 0 radical (unpaired) electrons. The highest BCUT2D eigenvalue weighted by Crippen LogP contribution is 2.39. The molecule has 1 heterocycles. The second-order valence-electron chi connectivity index (χ2n) is 12.0. The Hall–Kier alpha value is -6.92. The van der Waals surface area contributed by atoms with E-state index in [1.54, 1.807) is 7.11 Å². The fourth-order valence-corrected chi connectivity index (χ4v) is 6.22. The average Bonchev–Trinajstić information content (AvgIpc) is 3.71. The first kappa shape index (κ1) is 31.4. The normalized spacial score (nSPS) is 10.8. The quantitative estimate of drug-likeness (QED) is 0.146. The number of ether oxygens (including phenoxy) is 1. The van der Waals surface area contributed by atoms with Crippen molar-refractivity contribution >= 4 is 34.1 Å². The summed E-state index contributed by atoms with van der Waals surface area (Å²) in [7, 11) is 1.67. The molecule has 0 saturated heterocycles. The third-order valence-corrected chi connectivity index (χ3v) is 8.81. The smallest absolute Gasteiger partial charge is 0.405 e. The number of methoxy groups -OCH3 is 1. The number of hydrogen-bond donors (Lipinski definition) is 0. The number of para-hydroxylation sites is 3. The summed E-state index contributed by atoms with van der Waals surface area (Å²) in [4.78, 5) is 4.52. The van der Waals surface area contributed by atoms with E-state index >= 15 is 0 Å². The van der Waals surface area contributed by atoms with Crippen LogP contribution in [-0.4, -0.2) is 12.2 Å². The van der Waals surface area contributed by atoms with Crippen LogP contribution in [0.3, 0.4) is 0 Å². The van der Waals surface area contributed by atoms with E-state index in [1.807, 2.05) is 54.6 Å². The molecule has 1 N–H and O–H groups in total. The highest BCUT2D eigenvalue weighted by atomic mass is 16.5. The molecule has 1 aromatic heterocycles. The zero-order valence-electron chi connectivity index (χ0n) is 28.1. The van der Waals surface area contributed by atoms with Crippen LogP contribution < -0.4 is 19.6 Å². The molecule has 6 nitrogen and oxygen atoms in total. The van der Waals surface area contributed by atoms with Crippen LogP contribution in [0.5, 0.6) is 5.75 Å². The lowest BCUT2D eigenvalue weighted by molar-refractivity contribution is -0.441. The molecule has 0 fully saturated rings. The predicted molar refractivity (Wildman–Crippen MR) is 205 cm³/mol. The largest absolute Gasteiger partial charge is 0.497 e. The van der Waals surface area contributed by atoms with Crippen molar-refractivity contribution in [1.29, 1.82) is 0 Å². The van der Waals surface area contributed by atoms with Gasteiger partial charge in [-0.05, 0) is 120 Å². The molecule has 0 spiro atoms. The van der Waals surface area contributed by atoms with Gasteiger partial charge in [-0.3, -0.25) is 0 Å². The molecule has 0 bridgehead atoms. The van der Waals surface area contributed by atoms with Crippen LogP contribution in [0.1, 0.15) is 0 Å². The van der Waals surface area contributed by atoms with Crippen LogP contribution in [0.4, 0.5) is 34.1 Å². The summed E-state index contributed by atoms with van der Waals surface area (Å²) in [6.45, 7) is 0. The van der Waals surface area contributed by atoms with E-state index in [1.165, 1.54) is 0 Å². The summed E-state index contributed by atoms with van der Waals surface area (Å²) in [6, 6.07) is 64.5. The van der Waals surface area contributed by atoms with Gasteiger partial charge >= 0.3 is 5.89 Å². The summed E-state index contributed by atoms with van der Waals surface area (Å²) in [5.74, 6) is 1.96. The molecule has 0 aliphatic heterocycles. The molecule has 6 heteroatoms. The Bertz CT molecular complexity index is 2270. The minimum absolute atomic E-state index is 0.529. The van der Waals surface area contributed by atoms with E-state index < -0.39 is 0 Å². The van der Waals surface area contributed by atoms with Gasteiger partial charge in [-0.15, -0.1) is 0 Å². The molecule has 0 amide bonds. The van der Waals surface area contributed by atoms with Gasteiger partial charge in [-0.25, -0.2) is 0 Å². The number of benzene rings is 7. The van der Waals surface area contributed by atoms with E-state index in [9.17, 15) is 0 Å². The molecule has 246 valence electrons. The van der Waals surface area contributed by atoms with Gasteiger partial charge in [0.05, 0.1) is 12.7 Å². The number of hydrogen-bond acceptors (Lipinski definition) is 5. The lowest BCUT2D eigenvalue weighted by atomic mass is 10.0. The van der Waals surface area contributed by atoms with Gasteiger partial charge in [-0.1, -0.05) is 84.0 Å². The lowest BCUT2D eigenvalue weighted by Gasteiger charge is -2.28. The van der Waals surface area contributed by atoms with E-state index in [-0.39, 0.29) is 0 Å². The molecular formula is C45H35N4O2+. The van der Waals surface area contributed by atoms with Crippen LogP contribution in [0.15, 0.2) is 192 Å². The maximum absolute atomic E-state index is 6.21. The monoisotopic (exact) mass is 663 g/mol. The predicted octanol–water partition coefficient (Wildman–Crippen LogP) is 11.4. The van der Waals surface area contributed by atoms with Crippen LogP contribution in [0, 0.1) is 0 Å². The Labute approximate surface area is 297 Å². The molecule has 0 unspecified atom stereocenters. The van der Waals surface area contributed by atoms with Gasteiger partial charge in [0.25, 0.3) is 5.89 Å². The van der Waals surface area contributed by atoms with Crippen molar-refractivity contribution in [1.82, 2.24) is 5.10 Å². The highest BCUT2D eigenvalue weighted by Gasteiger charge is 2.19. The van der Waals surface area contributed by atoms with Gasteiger partial charge < -0.3 is 19.0 Å². The molecule has 0 aliphatic rings. The Morgan fingerprint density at radius 3 is 1.20 bits per heavy atom. The fraction of sp³-hybridized carbons (Fsp3) is 0.0222. The summed E-state index contributed by atoms with van der Waals surface area (Å²) >= 11 is 0. The number of H-pyrrole nitrogens is 1. The lowest BCUT2D eigenvalue weighted by Crippen LogP contribution is -2.12. The standard InChI is InChI=1S/C45H34N4O2/c1-50-43-31-23-34(24-32-43)33-17-19-35(20-18-33)44-46-47-45(51-44)36-21-25-40(26-22-36)49(39-15-9-4-10-16-39)42-29-27-41(28-30-42)48(37-11-5-2-6-12-37)38-13-7-3-8-14-38/h2-32H,1H3/p+1. The van der Waals surface area contributed by atoms with E-state index in [0.29, 0.717) is 11.8 Å². The third kappa shape index (κ3) is 6.71. The first-order valence-corrected chi connectivity index (χ1v) is 16.8. The molecule has 7 aromatic carbocycles. The summed E-state index contributed by atoms with van der Waals surface area (Å²) in [5, 5.41) is 7.57. The minimum atomic E-state index is 0.529. The maximum atomic E-state index is 6.21. The second kappa shape index (κ2) is 14.3. The second-order valence-corrected chi connectivity index (χ2v) is 12.0. The maximum Gasteiger partial charge on any atom is 0.405 e. The van der Waals surface area contributed by atoms with Gasteiger partial charge in [0.15, 0.2) is 0 Å². The SMILES string of the molecule is COc1ccc(-c2ccc(-c3n[nH+]c(-c4ccc(N(c5ccccc5)c5ccc(N(c6ccccc6)c6ccccc6)cc5)cc4)o3)cc2)cc1. The Balaban J connectivity index is 1.06. The molecule has 51 heavy (non-hydrogen) atoms. The van der Waals surface area contributed by atoms with Gasteiger partial charge in [0.2, 0.25) is 0 Å². The Morgan fingerprint density at radius 2 is 0.765 bits per heavy atom. The number of anilines is 6. The van der Waals surface area contributed by atoms with Gasteiger partial charge in [-0.2, -0.15) is 0 Å². The van der Waals surface area contributed by atoms with Crippen LogP contribution in [0.25, 0.3) is 34.0 Å². The van der Waals surface area contributed by atoms with Crippen molar-refractivity contribution < 1.29 is 14.3 Å². The number of nitrogens with one attached hydrogen (secondary N) is 1. The van der Waals surface area contributed by atoms with E-state index in [0.717, 1.165) is 62.1 Å². The first-order chi connectivity index (χ1) is 25.2. The van der Waals surface area contributed by atoms with Gasteiger partial charge in [0, 0.05) is 44.8 Å². The van der Waals surface area contributed by atoms with Crippen LogP contribution in [0.2, 0.25) is 0 Å². The summed E-state index contributed by atoms with van der Waals surface area (Å²) in [5.41, 5.74) is 10.4. The summed E-state index contributed by atoms with van der Waals surface area (Å²) in [6.07, 6.45) is 0. The molecule has 8 aromatic rings. The average molecular weight is 664 g/mol. The van der Waals surface area contributed by atoms with Crippen molar-refractivity contribution in [3.8, 4) is 39.8 Å². The molecular weight excluding hydrogens is 629 g/mol. The van der Waals surface area contributed by atoms with Crippen molar-refractivity contribution in [3.63, 3.8) is 0 Å². The van der Waals surface area contributed by atoms with Crippen molar-refractivity contribution in [2.24, 2.45) is 0 Å². The molecule has 0 saturated carbocycles. The highest BCUT2D eigenvalue weighted by molar-refractivity contribution is 5.81. The van der Waals surface area contributed by atoms with E-state index in [2.05, 4.69) is 153 Å². The van der Waals surface area contributed by atoms with Crippen LogP contribution >= 0.6 is 0 Å². The Kier molecular flexibility index (Phi) is 8.78. The van der Waals surface area contributed by atoms with Crippen molar-refractivity contribution in [2.75, 3.05) is 16.9 Å². The first-order valence-electron chi connectivity index (χ1n) is 16.8.